The number of piperidine rings is 1. The zero-order valence-electron chi connectivity index (χ0n) is 12.9. The van der Waals surface area contributed by atoms with Gasteiger partial charge in [-0.3, -0.25) is 0 Å². The van der Waals surface area contributed by atoms with Crippen molar-refractivity contribution < 1.29 is 0 Å². The van der Waals surface area contributed by atoms with Crippen LogP contribution in [0.2, 0.25) is 5.02 Å². The first-order chi connectivity index (χ1) is 11.2. The molecule has 0 spiro atoms. The molecule has 4 nitrogen and oxygen atoms in total. The molecule has 1 saturated heterocycles. The van der Waals surface area contributed by atoms with Gasteiger partial charge in [0.1, 0.15) is 11.6 Å². The molecule has 0 radical (unpaired) electrons. The van der Waals surface area contributed by atoms with Gasteiger partial charge in [-0.15, -0.1) is 0 Å². The van der Waals surface area contributed by atoms with Crippen LogP contribution in [0.25, 0.3) is 22.4 Å². The van der Waals surface area contributed by atoms with Crippen LogP contribution < -0.4 is 4.90 Å². The Morgan fingerprint density at radius 1 is 1.17 bits per heavy atom. The number of anilines is 1. The molecular weight excluding hydrogens is 308 g/mol. The van der Waals surface area contributed by atoms with E-state index in [4.69, 9.17) is 16.6 Å². The number of halogens is 1. The zero-order chi connectivity index (χ0) is 15.6. The molecule has 1 aromatic carbocycles. The van der Waals surface area contributed by atoms with Gasteiger partial charge in [-0.1, -0.05) is 23.7 Å². The monoisotopic (exact) mass is 324 g/mol. The second kappa shape index (κ2) is 4.71. The van der Waals surface area contributed by atoms with Crippen LogP contribution in [0, 0.1) is 11.8 Å². The molecule has 2 aliphatic rings. The molecule has 1 aliphatic heterocycles. The highest BCUT2D eigenvalue weighted by molar-refractivity contribution is 6.33. The lowest BCUT2D eigenvalue weighted by molar-refractivity contribution is 0.805. The van der Waals surface area contributed by atoms with Crippen molar-refractivity contribution in [2.45, 2.75) is 6.42 Å². The van der Waals surface area contributed by atoms with Crippen LogP contribution in [-0.2, 0) is 7.05 Å². The van der Waals surface area contributed by atoms with E-state index in [1.54, 1.807) is 6.20 Å². The van der Waals surface area contributed by atoms with Gasteiger partial charge in [-0.05, 0) is 36.5 Å². The number of aromatic nitrogens is 3. The Morgan fingerprint density at radius 2 is 1.96 bits per heavy atom. The van der Waals surface area contributed by atoms with Crippen LogP contribution in [0.15, 0.2) is 36.5 Å². The summed E-state index contributed by atoms with van der Waals surface area (Å²) in [6.45, 7) is 2.25. The Bertz CT molecular complexity index is 907. The lowest BCUT2D eigenvalue weighted by Gasteiger charge is -2.20. The number of nitrogens with zero attached hydrogens (tertiary/aromatic N) is 4. The van der Waals surface area contributed by atoms with Crippen molar-refractivity contribution in [2.75, 3.05) is 18.0 Å². The van der Waals surface area contributed by atoms with Crippen molar-refractivity contribution in [1.82, 2.24) is 14.5 Å². The third kappa shape index (κ3) is 2.05. The molecule has 1 saturated carbocycles. The van der Waals surface area contributed by atoms with Crippen molar-refractivity contribution >= 4 is 28.5 Å². The number of hydrogen-bond donors (Lipinski definition) is 0. The Morgan fingerprint density at radius 3 is 2.74 bits per heavy atom. The molecule has 2 fully saturated rings. The molecule has 0 N–H and O–H groups in total. The summed E-state index contributed by atoms with van der Waals surface area (Å²) < 4.78 is 2.10. The third-order valence-electron chi connectivity index (χ3n) is 5.17. The second-order valence-electron chi connectivity index (χ2n) is 6.67. The number of rotatable bonds is 2. The molecule has 5 heteroatoms. The average Bonchev–Trinajstić information content (AvgIpc) is 3.03. The summed E-state index contributed by atoms with van der Waals surface area (Å²) in [6, 6.07) is 10.2. The van der Waals surface area contributed by atoms with Crippen LogP contribution in [0.5, 0.6) is 0 Å². The van der Waals surface area contributed by atoms with E-state index in [1.807, 2.05) is 25.2 Å². The SMILES string of the molecule is Cn1c(-c2cc(N3CC4CC4C3)ncc2Cl)nc2ccccc21. The summed E-state index contributed by atoms with van der Waals surface area (Å²) in [5.41, 5.74) is 3.05. The first-order valence-corrected chi connectivity index (χ1v) is 8.41. The minimum atomic E-state index is 0.650. The highest BCUT2D eigenvalue weighted by Crippen LogP contribution is 2.46. The topological polar surface area (TPSA) is 34.0 Å². The van der Waals surface area contributed by atoms with Crippen LogP contribution in [0.1, 0.15) is 6.42 Å². The van der Waals surface area contributed by atoms with Gasteiger partial charge in [-0.25, -0.2) is 9.97 Å². The van der Waals surface area contributed by atoms with E-state index in [0.717, 1.165) is 53.2 Å². The average molecular weight is 325 g/mol. The van der Waals surface area contributed by atoms with Crippen molar-refractivity contribution in [1.29, 1.82) is 0 Å². The maximum Gasteiger partial charge on any atom is 0.142 e. The quantitative estimate of drug-likeness (QED) is 0.720. The summed E-state index contributed by atoms with van der Waals surface area (Å²) in [6.07, 6.45) is 3.15. The normalized spacial score (nSPS) is 22.6. The lowest BCUT2D eigenvalue weighted by Crippen LogP contribution is -2.22. The van der Waals surface area contributed by atoms with Gasteiger partial charge in [-0.2, -0.15) is 0 Å². The van der Waals surface area contributed by atoms with Gasteiger partial charge in [0.25, 0.3) is 0 Å². The van der Waals surface area contributed by atoms with Crippen molar-refractivity contribution in [3.63, 3.8) is 0 Å². The predicted octanol–water partition coefficient (Wildman–Crippen LogP) is 3.74. The van der Waals surface area contributed by atoms with Crippen LogP contribution in [0.3, 0.4) is 0 Å². The largest absolute Gasteiger partial charge is 0.356 e. The van der Waals surface area contributed by atoms with Crippen molar-refractivity contribution in [3.8, 4) is 11.4 Å². The first kappa shape index (κ1) is 13.4. The molecular formula is C18H17ClN4. The Hall–Kier alpha value is -2.07. The molecule has 0 bridgehead atoms. The lowest BCUT2D eigenvalue weighted by atomic mass is 10.2. The van der Waals surface area contributed by atoms with Gasteiger partial charge in [0.05, 0.1) is 16.1 Å². The summed E-state index contributed by atoms with van der Waals surface area (Å²) >= 11 is 6.44. The fourth-order valence-electron chi connectivity index (χ4n) is 3.74. The Kier molecular flexibility index (Phi) is 2.74. The molecule has 0 amide bonds. The fourth-order valence-corrected chi connectivity index (χ4v) is 3.93. The molecule has 2 atom stereocenters. The van der Waals surface area contributed by atoms with E-state index in [2.05, 4.69) is 26.6 Å². The molecule has 1 aliphatic carbocycles. The fraction of sp³-hybridized carbons (Fsp3) is 0.333. The minimum absolute atomic E-state index is 0.650. The van der Waals surface area contributed by atoms with Gasteiger partial charge < -0.3 is 9.47 Å². The predicted molar refractivity (Wildman–Crippen MR) is 92.8 cm³/mol. The van der Waals surface area contributed by atoms with E-state index >= 15 is 0 Å². The number of hydrogen-bond acceptors (Lipinski definition) is 3. The van der Waals surface area contributed by atoms with E-state index in [0.29, 0.717) is 5.02 Å². The van der Waals surface area contributed by atoms with E-state index in [1.165, 1.54) is 6.42 Å². The van der Waals surface area contributed by atoms with Crippen molar-refractivity contribution in [3.05, 3.63) is 41.6 Å². The number of imidazole rings is 1. The number of fused-ring (bicyclic) bond motifs is 2. The van der Waals surface area contributed by atoms with E-state index in [9.17, 15) is 0 Å². The minimum Gasteiger partial charge on any atom is -0.356 e. The summed E-state index contributed by atoms with van der Waals surface area (Å²) in [5, 5.41) is 0.650. The van der Waals surface area contributed by atoms with Gasteiger partial charge in [0.15, 0.2) is 0 Å². The molecule has 2 unspecified atom stereocenters. The number of aryl methyl sites for hydroxylation is 1. The maximum absolute atomic E-state index is 6.44. The first-order valence-electron chi connectivity index (χ1n) is 8.03. The number of pyridine rings is 1. The van der Waals surface area contributed by atoms with E-state index < -0.39 is 0 Å². The second-order valence-corrected chi connectivity index (χ2v) is 7.07. The number of benzene rings is 1. The summed E-state index contributed by atoms with van der Waals surface area (Å²) in [7, 11) is 2.03. The summed E-state index contributed by atoms with van der Waals surface area (Å²) in [5.74, 6) is 3.67. The number of para-hydroxylation sites is 2. The smallest absolute Gasteiger partial charge is 0.142 e. The molecule has 23 heavy (non-hydrogen) atoms. The molecule has 116 valence electrons. The summed E-state index contributed by atoms with van der Waals surface area (Å²) in [4.78, 5) is 11.7. The van der Waals surface area contributed by atoms with Crippen molar-refractivity contribution in [2.24, 2.45) is 18.9 Å². The molecule has 2 aromatic heterocycles. The highest BCUT2D eigenvalue weighted by atomic mass is 35.5. The Balaban J connectivity index is 1.62. The zero-order valence-corrected chi connectivity index (χ0v) is 13.7. The van der Waals surface area contributed by atoms with E-state index in [-0.39, 0.29) is 0 Å². The van der Waals surface area contributed by atoms with Gasteiger partial charge >= 0.3 is 0 Å². The standard InChI is InChI=1S/C18H17ClN4/c1-22-16-5-3-2-4-15(16)21-18(22)13-7-17(20-8-14(13)19)23-9-11-6-12(11)10-23/h2-5,7-8,11-12H,6,9-10H2,1H3. The third-order valence-corrected chi connectivity index (χ3v) is 5.47. The Labute approximate surface area is 139 Å². The van der Waals surface area contributed by atoms with Crippen LogP contribution in [0.4, 0.5) is 5.82 Å². The van der Waals surface area contributed by atoms with Gasteiger partial charge in [0, 0.05) is 31.9 Å². The molecule has 3 heterocycles. The van der Waals surface area contributed by atoms with Crippen LogP contribution >= 0.6 is 11.6 Å². The maximum atomic E-state index is 6.44. The molecule has 5 rings (SSSR count). The van der Waals surface area contributed by atoms with Crippen LogP contribution in [-0.4, -0.2) is 27.6 Å². The van der Waals surface area contributed by atoms with Gasteiger partial charge in [0.2, 0.25) is 0 Å². The molecule has 3 aromatic rings. The highest BCUT2D eigenvalue weighted by Gasteiger charge is 2.45.